The van der Waals surface area contributed by atoms with Crippen LogP contribution in [0.15, 0.2) is 35.7 Å². The molecule has 22 heavy (non-hydrogen) atoms. The number of thiophene rings is 1. The Morgan fingerprint density at radius 1 is 1.41 bits per heavy atom. The first-order valence-electron chi connectivity index (χ1n) is 6.88. The average molecular weight is 320 g/mol. The van der Waals surface area contributed by atoms with Gasteiger partial charge in [0.15, 0.2) is 0 Å². The van der Waals surface area contributed by atoms with Gasteiger partial charge in [0.2, 0.25) is 0 Å². The number of carbonyl (C=O) groups is 1. The Balaban J connectivity index is 1.92. The zero-order chi connectivity index (χ0) is 16.2. The van der Waals surface area contributed by atoms with Gasteiger partial charge in [0.1, 0.15) is 11.4 Å². The second-order valence-electron chi connectivity index (χ2n) is 5.24. The van der Waals surface area contributed by atoms with Crippen molar-refractivity contribution >= 4 is 23.1 Å². The molecule has 0 aliphatic carbocycles. The van der Waals surface area contributed by atoms with Crippen LogP contribution in [-0.4, -0.2) is 24.8 Å². The van der Waals surface area contributed by atoms with Crippen molar-refractivity contribution in [3.05, 3.63) is 46.2 Å². The lowest BCUT2D eigenvalue weighted by Gasteiger charge is -2.22. The minimum Gasteiger partial charge on any atom is -0.496 e. The highest BCUT2D eigenvalue weighted by molar-refractivity contribution is 7.10. The van der Waals surface area contributed by atoms with Crippen LogP contribution in [0.2, 0.25) is 0 Å². The largest absolute Gasteiger partial charge is 0.496 e. The summed E-state index contributed by atoms with van der Waals surface area (Å²) in [5, 5.41) is 17.7. The first kappa shape index (κ1) is 16.3. The molecule has 1 heterocycles. The number of ether oxygens (including phenoxy) is 1. The summed E-state index contributed by atoms with van der Waals surface area (Å²) in [7, 11) is 1.61. The number of methoxy groups -OCH3 is 1. The highest BCUT2D eigenvalue weighted by Gasteiger charge is 2.24. The summed E-state index contributed by atoms with van der Waals surface area (Å²) in [6, 6.07) is 8.75. The quantitative estimate of drug-likeness (QED) is 0.793. The Kier molecular flexibility index (Phi) is 5.05. The minimum absolute atomic E-state index is 0.133. The van der Waals surface area contributed by atoms with Gasteiger partial charge in [0, 0.05) is 10.6 Å². The maximum Gasteiger partial charge on any atom is 0.319 e. The summed E-state index contributed by atoms with van der Waals surface area (Å²) in [4.78, 5) is 12.7. The number of benzene rings is 1. The summed E-state index contributed by atoms with van der Waals surface area (Å²) in [6.07, 6.45) is 0. The Morgan fingerprint density at radius 2 is 2.18 bits per heavy atom. The second kappa shape index (κ2) is 6.81. The Bertz CT molecular complexity index is 639. The molecule has 1 aromatic heterocycles. The fourth-order valence-corrected chi connectivity index (χ4v) is 2.84. The number of anilines is 1. The van der Waals surface area contributed by atoms with E-state index in [0.717, 1.165) is 16.2 Å². The molecule has 6 heteroatoms. The normalized spacial score (nSPS) is 13.3. The lowest BCUT2D eigenvalue weighted by Crippen LogP contribution is -2.40. The van der Waals surface area contributed by atoms with E-state index in [2.05, 4.69) is 10.6 Å². The summed E-state index contributed by atoms with van der Waals surface area (Å²) < 4.78 is 5.18. The number of carbonyl (C=O) groups excluding carboxylic acids is 1. The molecule has 2 rings (SSSR count). The van der Waals surface area contributed by atoms with E-state index in [4.69, 9.17) is 4.74 Å². The zero-order valence-electron chi connectivity index (χ0n) is 12.8. The van der Waals surface area contributed by atoms with Gasteiger partial charge >= 0.3 is 6.03 Å². The maximum absolute atomic E-state index is 11.9. The topological polar surface area (TPSA) is 70.6 Å². The molecule has 0 unspecified atom stereocenters. The van der Waals surface area contributed by atoms with Crippen LogP contribution in [0.4, 0.5) is 10.5 Å². The van der Waals surface area contributed by atoms with E-state index >= 15 is 0 Å². The molecule has 0 saturated carbocycles. The van der Waals surface area contributed by atoms with Crippen LogP contribution in [0.3, 0.4) is 0 Å². The third-order valence-corrected chi connectivity index (χ3v) is 4.42. The van der Waals surface area contributed by atoms with Crippen molar-refractivity contribution in [2.45, 2.75) is 19.4 Å². The molecule has 0 aliphatic heterocycles. The van der Waals surface area contributed by atoms with Crippen molar-refractivity contribution < 1.29 is 14.6 Å². The van der Waals surface area contributed by atoms with Crippen molar-refractivity contribution in [3.63, 3.8) is 0 Å². The lowest BCUT2D eigenvalue weighted by molar-refractivity contribution is 0.0637. The number of urea groups is 1. The molecule has 0 bridgehead atoms. The van der Waals surface area contributed by atoms with Gasteiger partial charge in [-0.3, -0.25) is 0 Å². The van der Waals surface area contributed by atoms with Gasteiger partial charge in [0.05, 0.1) is 13.7 Å². The average Bonchev–Trinajstić information content (AvgIpc) is 3.00. The first-order chi connectivity index (χ1) is 10.4. The third-order valence-electron chi connectivity index (χ3n) is 3.30. The molecule has 3 N–H and O–H groups in total. The molecule has 0 aliphatic rings. The van der Waals surface area contributed by atoms with Crippen LogP contribution in [0.25, 0.3) is 0 Å². The van der Waals surface area contributed by atoms with Gasteiger partial charge < -0.3 is 20.5 Å². The molecular formula is C16H20N2O3S. The molecular weight excluding hydrogens is 300 g/mol. The van der Waals surface area contributed by atoms with Gasteiger partial charge in [-0.2, -0.15) is 0 Å². The maximum atomic E-state index is 11.9. The van der Waals surface area contributed by atoms with E-state index in [9.17, 15) is 9.90 Å². The van der Waals surface area contributed by atoms with E-state index in [-0.39, 0.29) is 12.6 Å². The smallest absolute Gasteiger partial charge is 0.319 e. The van der Waals surface area contributed by atoms with Crippen LogP contribution in [0, 0.1) is 6.92 Å². The number of amides is 2. The summed E-state index contributed by atoms with van der Waals surface area (Å²) in [5.74, 6) is 0.770. The van der Waals surface area contributed by atoms with Crippen molar-refractivity contribution in [1.82, 2.24) is 5.32 Å². The molecule has 0 spiro atoms. The highest BCUT2D eigenvalue weighted by Crippen LogP contribution is 2.24. The summed E-state index contributed by atoms with van der Waals surface area (Å²) in [6.45, 7) is 3.72. The van der Waals surface area contributed by atoms with E-state index in [0.29, 0.717) is 5.69 Å². The van der Waals surface area contributed by atoms with Crippen molar-refractivity contribution in [2.24, 2.45) is 0 Å². The van der Waals surface area contributed by atoms with Crippen LogP contribution >= 0.6 is 11.3 Å². The predicted octanol–water partition coefficient (Wildman–Crippen LogP) is 3.09. The zero-order valence-corrected chi connectivity index (χ0v) is 13.7. The number of hydrogen-bond acceptors (Lipinski definition) is 4. The van der Waals surface area contributed by atoms with E-state index < -0.39 is 5.60 Å². The van der Waals surface area contributed by atoms with Crippen LogP contribution < -0.4 is 15.4 Å². The summed E-state index contributed by atoms with van der Waals surface area (Å²) in [5.41, 5.74) is 0.527. The van der Waals surface area contributed by atoms with E-state index in [1.54, 1.807) is 26.2 Å². The van der Waals surface area contributed by atoms with Crippen LogP contribution in [0.1, 0.15) is 17.4 Å². The van der Waals surface area contributed by atoms with Gasteiger partial charge in [-0.05, 0) is 49.1 Å². The van der Waals surface area contributed by atoms with Gasteiger partial charge in [0.25, 0.3) is 0 Å². The first-order valence-corrected chi connectivity index (χ1v) is 7.76. The number of nitrogens with one attached hydrogen (secondary N) is 2. The van der Waals surface area contributed by atoms with Gasteiger partial charge in [-0.25, -0.2) is 4.79 Å². The minimum atomic E-state index is -1.08. The van der Waals surface area contributed by atoms with E-state index in [1.165, 1.54) is 11.3 Å². The predicted molar refractivity (Wildman–Crippen MR) is 88.6 cm³/mol. The standard InChI is InChI=1S/C16H20N2O3S/c1-11-9-12(6-7-13(11)21-3)18-15(19)17-10-16(2,20)14-5-4-8-22-14/h4-9,20H,10H2,1-3H3,(H2,17,18,19)/t16-/m0/s1. The molecule has 0 saturated heterocycles. The molecule has 0 radical (unpaired) electrons. The van der Waals surface area contributed by atoms with Crippen molar-refractivity contribution in [3.8, 4) is 5.75 Å². The number of aryl methyl sites for hydroxylation is 1. The Morgan fingerprint density at radius 3 is 2.77 bits per heavy atom. The molecule has 2 aromatic rings. The molecule has 1 aromatic carbocycles. The van der Waals surface area contributed by atoms with Gasteiger partial charge in [-0.15, -0.1) is 11.3 Å². The highest BCUT2D eigenvalue weighted by atomic mass is 32.1. The Labute approximate surface area is 133 Å². The molecule has 5 nitrogen and oxygen atoms in total. The monoisotopic (exact) mass is 320 g/mol. The van der Waals surface area contributed by atoms with Crippen molar-refractivity contribution in [2.75, 3.05) is 19.0 Å². The SMILES string of the molecule is COc1ccc(NC(=O)NC[C@](C)(O)c2cccs2)cc1C. The number of hydrogen-bond donors (Lipinski definition) is 3. The number of aliphatic hydroxyl groups is 1. The fraction of sp³-hybridized carbons (Fsp3) is 0.312. The fourth-order valence-electron chi connectivity index (χ4n) is 2.06. The third kappa shape index (κ3) is 3.99. The van der Waals surface area contributed by atoms with Crippen LogP contribution in [-0.2, 0) is 5.60 Å². The van der Waals surface area contributed by atoms with E-state index in [1.807, 2.05) is 30.5 Å². The Hall–Kier alpha value is -2.05. The molecule has 0 fully saturated rings. The molecule has 1 atom stereocenters. The molecule has 2 amide bonds. The van der Waals surface area contributed by atoms with Crippen molar-refractivity contribution in [1.29, 1.82) is 0 Å². The lowest BCUT2D eigenvalue weighted by atomic mass is 10.1. The second-order valence-corrected chi connectivity index (χ2v) is 6.19. The summed E-state index contributed by atoms with van der Waals surface area (Å²) >= 11 is 1.46. The molecule has 118 valence electrons. The number of rotatable bonds is 5. The van der Waals surface area contributed by atoms with Crippen LogP contribution in [0.5, 0.6) is 5.75 Å². The van der Waals surface area contributed by atoms with Gasteiger partial charge in [-0.1, -0.05) is 6.07 Å².